The second-order valence-corrected chi connectivity index (χ2v) is 12.9. The lowest BCUT2D eigenvalue weighted by Gasteiger charge is -2.29. The molecule has 0 spiro atoms. The average molecular weight is 710 g/mol. The molecule has 274 valence electrons. The smallest absolute Gasteiger partial charge is 0.328 e. The number of carbonyl (C=O) groups excluding carboxylic acids is 6. The first kappa shape index (κ1) is 42.8. The van der Waals surface area contributed by atoms with Crippen LogP contribution in [0, 0.1) is 5.92 Å². The Hall–Kier alpha value is -4.22. The van der Waals surface area contributed by atoms with E-state index >= 15 is 0 Å². The van der Waals surface area contributed by atoms with E-state index in [1.54, 1.807) is 50.4 Å². The fraction of sp³-hybridized carbons (Fsp3) is 0.594. The van der Waals surface area contributed by atoms with Gasteiger partial charge in [0.2, 0.25) is 35.4 Å². The van der Waals surface area contributed by atoms with Gasteiger partial charge in [-0.1, -0.05) is 50.6 Å². The normalized spacial score (nSPS) is 15.9. The summed E-state index contributed by atoms with van der Waals surface area (Å²) in [6, 6.07) is 1.26. The highest BCUT2D eigenvalue weighted by Crippen LogP contribution is 2.12. The van der Waals surface area contributed by atoms with Crippen LogP contribution < -0.4 is 38.1 Å². The standard InChI is InChI=1S/C32H51N7O9S/c1-6-17(2)25(31(46)39-26(19(4)40)32(47)48)38-29(44)22(14-15-49-5)36-30(45)23(16-20-10-8-7-9-11-20)37-28(43)21(12-13-24(34)41)35-27(42)18(3)33/h7-11,17-19,21-23,25-26,40H,6,12-16,33H2,1-5H3,(H2,34,41)(H,35,42)(H,36,45)(H,37,43)(H,38,44)(H,39,46)(H,47,48). The fourth-order valence-corrected chi connectivity index (χ4v) is 5.03. The predicted octanol–water partition coefficient (Wildman–Crippen LogP) is -1.47. The van der Waals surface area contributed by atoms with Gasteiger partial charge in [-0.2, -0.15) is 11.8 Å². The van der Waals surface area contributed by atoms with Gasteiger partial charge >= 0.3 is 5.97 Å². The van der Waals surface area contributed by atoms with Crippen molar-refractivity contribution in [3.8, 4) is 0 Å². The summed E-state index contributed by atoms with van der Waals surface area (Å²) in [7, 11) is 0. The van der Waals surface area contributed by atoms with Crippen LogP contribution in [0.3, 0.4) is 0 Å². The summed E-state index contributed by atoms with van der Waals surface area (Å²) in [6.07, 6.45) is 0.545. The summed E-state index contributed by atoms with van der Waals surface area (Å²) in [4.78, 5) is 89.5. The van der Waals surface area contributed by atoms with Gasteiger partial charge in [0.05, 0.1) is 12.1 Å². The van der Waals surface area contributed by atoms with Crippen molar-refractivity contribution in [2.75, 3.05) is 12.0 Å². The van der Waals surface area contributed by atoms with Crippen LogP contribution in [0.5, 0.6) is 0 Å². The van der Waals surface area contributed by atoms with E-state index in [-0.39, 0.29) is 25.7 Å². The molecule has 0 radical (unpaired) electrons. The minimum Gasteiger partial charge on any atom is -0.480 e. The van der Waals surface area contributed by atoms with Crippen LogP contribution in [0.25, 0.3) is 0 Å². The van der Waals surface area contributed by atoms with Gasteiger partial charge in [-0.25, -0.2) is 4.79 Å². The van der Waals surface area contributed by atoms with Gasteiger partial charge in [-0.15, -0.1) is 0 Å². The molecule has 8 unspecified atom stereocenters. The quantitative estimate of drug-likeness (QED) is 0.0671. The van der Waals surface area contributed by atoms with Crippen LogP contribution in [-0.4, -0.2) is 106 Å². The lowest BCUT2D eigenvalue weighted by Crippen LogP contribution is -2.61. The molecule has 1 aromatic rings. The maximum atomic E-state index is 13.8. The third kappa shape index (κ3) is 15.3. The topological polar surface area (TPSA) is 272 Å². The molecule has 49 heavy (non-hydrogen) atoms. The predicted molar refractivity (Wildman–Crippen MR) is 184 cm³/mol. The maximum absolute atomic E-state index is 13.8. The van der Waals surface area contributed by atoms with Crippen LogP contribution in [-0.2, 0) is 40.0 Å². The van der Waals surface area contributed by atoms with Crippen molar-refractivity contribution in [3.05, 3.63) is 35.9 Å². The summed E-state index contributed by atoms with van der Waals surface area (Å²) >= 11 is 1.41. The molecule has 1 rings (SSSR count). The maximum Gasteiger partial charge on any atom is 0.328 e. The molecule has 1 aromatic carbocycles. The zero-order valence-electron chi connectivity index (χ0n) is 28.6. The minimum atomic E-state index is -1.62. The van der Waals surface area contributed by atoms with Gasteiger partial charge in [0.25, 0.3) is 0 Å². The number of nitrogens with two attached hydrogens (primary N) is 2. The van der Waals surface area contributed by atoms with Crippen molar-refractivity contribution in [1.29, 1.82) is 0 Å². The van der Waals surface area contributed by atoms with Crippen LogP contribution in [0.15, 0.2) is 30.3 Å². The van der Waals surface area contributed by atoms with Crippen molar-refractivity contribution < 1.29 is 43.8 Å². The molecule has 0 fully saturated rings. The SMILES string of the molecule is CCC(C)C(NC(=O)C(CCSC)NC(=O)C(Cc1ccccc1)NC(=O)C(CCC(N)=O)NC(=O)C(C)N)C(=O)NC(C(=O)O)C(C)O. The van der Waals surface area contributed by atoms with E-state index in [1.165, 1.54) is 25.6 Å². The van der Waals surface area contributed by atoms with Gasteiger partial charge in [0.15, 0.2) is 6.04 Å². The van der Waals surface area contributed by atoms with E-state index in [9.17, 15) is 43.8 Å². The van der Waals surface area contributed by atoms with Gasteiger partial charge in [-0.05, 0) is 50.2 Å². The van der Waals surface area contributed by atoms with E-state index in [4.69, 9.17) is 11.5 Å². The first-order chi connectivity index (χ1) is 23.0. The molecule has 0 saturated heterocycles. The summed E-state index contributed by atoms with van der Waals surface area (Å²) < 4.78 is 0. The van der Waals surface area contributed by atoms with E-state index in [1.807, 2.05) is 0 Å². The first-order valence-corrected chi connectivity index (χ1v) is 17.4. The number of carbonyl (C=O) groups is 7. The van der Waals surface area contributed by atoms with Crippen molar-refractivity contribution in [2.24, 2.45) is 17.4 Å². The van der Waals surface area contributed by atoms with Gasteiger partial charge in [0, 0.05) is 12.8 Å². The highest BCUT2D eigenvalue weighted by molar-refractivity contribution is 7.98. The molecule has 0 saturated carbocycles. The monoisotopic (exact) mass is 709 g/mol. The summed E-state index contributed by atoms with van der Waals surface area (Å²) in [6.45, 7) is 6.08. The molecule has 6 amide bonds. The van der Waals surface area contributed by atoms with Crippen molar-refractivity contribution in [2.45, 2.75) is 102 Å². The first-order valence-electron chi connectivity index (χ1n) is 16.0. The number of amides is 6. The van der Waals surface area contributed by atoms with E-state index in [2.05, 4.69) is 26.6 Å². The number of aliphatic hydroxyl groups excluding tert-OH is 1. The van der Waals surface area contributed by atoms with Gasteiger partial charge in [0.1, 0.15) is 24.2 Å². The number of hydrogen-bond donors (Lipinski definition) is 9. The second kappa shape index (κ2) is 21.7. The highest BCUT2D eigenvalue weighted by atomic mass is 32.2. The van der Waals surface area contributed by atoms with Gasteiger partial charge in [-0.3, -0.25) is 28.8 Å². The van der Waals surface area contributed by atoms with Crippen LogP contribution >= 0.6 is 11.8 Å². The Balaban J connectivity index is 3.36. The highest BCUT2D eigenvalue weighted by Gasteiger charge is 2.35. The molecule has 0 aliphatic heterocycles. The zero-order chi connectivity index (χ0) is 37.3. The van der Waals surface area contributed by atoms with Crippen LogP contribution in [0.2, 0.25) is 0 Å². The second-order valence-electron chi connectivity index (χ2n) is 11.9. The Kier molecular flexibility index (Phi) is 18.9. The van der Waals surface area contributed by atoms with E-state index in [0.717, 1.165) is 0 Å². The molecular formula is C32H51N7O9S. The average Bonchev–Trinajstić information content (AvgIpc) is 3.04. The molecule has 0 aliphatic rings. The van der Waals surface area contributed by atoms with E-state index in [0.29, 0.717) is 17.7 Å². The molecule has 0 bridgehead atoms. The Bertz CT molecular complexity index is 1280. The third-order valence-corrected chi connectivity index (χ3v) is 8.37. The third-order valence-electron chi connectivity index (χ3n) is 7.72. The number of carboxylic acids is 1. The molecule has 17 heteroatoms. The molecule has 11 N–H and O–H groups in total. The Labute approximate surface area is 290 Å². The molecule has 0 aliphatic carbocycles. The van der Waals surface area contributed by atoms with Crippen LogP contribution in [0.1, 0.15) is 58.9 Å². The Morgan fingerprint density at radius 1 is 0.755 bits per heavy atom. The number of hydrogen-bond acceptors (Lipinski definition) is 10. The van der Waals surface area contributed by atoms with Crippen LogP contribution in [0.4, 0.5) is 0 Å². The molecule has 16 nitrogen and oxygen atoms in total. The molecule has 0 aromatic heterocycles. The molecular weight excluding hydrogens is 658 g/mol. The van der Waals surface area contributed by atoms with Crippen molar-refractivity contribution in [3.63, 3.8) is 0 Å². The Morgan fingerprint density at radius 3 is 1.78 bits per heavy atom. The molecule has 0 heterocycles. The lowest BCUT2D eigenvalue weighted by atomic mass is 9.97. The number of benzene rings is 1. The number of nitrogens with one attached hydrogen (secondary N) is 5. The van der Waals surface area contributed by atoms with E-state index < -0.39 is 89.7 Å². The van der Waals surface area contributed by atoms with Crippen molar-refractivity contribution >= 4 is 53.2 Å². The van der Waals surface area contributed by atoms with Gasteiger partial charge < -0.3 is 48.3 Å². The number of aliphatic carboxylic acids is 1. The number of thioether (sulfide) groups is 1. The molecule has 8 atom stereocenters. The van der Waals surface area contributed by atoms with Crippen molar-refractivity contribution in [1.82, 2.24) is 26.6 Å². The zero-order valence-corrected chi connectivity index (χ0v) is 29.4. The Morgan fingerprint density at radius 2 is 1.27 bits per heavy atom. The minimum absolute atomic E-state index is 0.00707. The lowest BCUT2D eigenvalue weighted by molar-refractivity contribution is -0.145. The summed E-state index contributed by atoms with van der Waals surface area (Å²) in [5, 5.41) is 31.9. The summed E-state index contributed by atoms with van der Waals surface area (Å²) in [5.74, 6) is -5.92. The number of rotatable bonds is 22. The number of carboxylic acid groups (broad SMARTS) is 1. The summed E-state index contributed by atoms with van der Waals surface area (Å²) in [5.41, 5.74) is 11.6. The largest absolute Gasteiger partial charge is 0.480 e. The fourth-order valence-electron chi connectivity index (χ4n) is 4.55. The number of primary amides is 1. The number of aliphatic hydroxyl groups is 1.